The van der Waals surface area contributed by atoms with E-state index in [1.54, 1.807) is 18.4 Å². The number of aromatic nitrogens is 1. The quantitative estimate of drug-likeness (QED) is 0.544. The average Bonchev–Trinajstić information content (AvgIpc) is 3.32. The number of aryl methyl sites for hydroxylation is 2. The smallest absolute Gasteiger partial charge is 0.271 e. The molecule has 2 aromatic heterocycles. The molecule has 2 aliphatic rings. The molecule has 3 aromatic rings. The number of thiophene rings is 1. The summed E-state index contributed by atoms with van der Waals surface area (Å²) in [5.74, 6) is 1.10. The predicted octanol–water partition coefficient (Wildman–Crippen LogP) is 5.55. The van der Waals surface area contributed by atoms with Crippen molar-refractivity contribution in [3.05, 3.63) is 52.0 Å². The molecule has 4 heterocycles. The maximum absolute atomic E-state index is 13.7. The van der Waals surface area contributed by atoms with E-state index in [-0.39, 0.29) is 11.4 Å². The second-order valence-electron chi connectivity index (χ2n) is 9.29. The van der Waals surface area contributed by atoms with E-state index in [0.717, 1.165) is 42.9 Å². The molecule has 1 amide bonds. The van der Waals surface area contributed by atoms with Crippen LogP contribution in [-0.4, -0.2) is 34.6 Å². The number of methoxy groups -OCH3 is 1. The monoisotopic (exact) mass is 420 g/mol. The first-order valence-electron chi connectivity index (χ1n) is 10.6. The molecular formula is C25H28N2O2S. The van der Waals surface area contributed by atoms with Crippen LogP contribution in [0.2, 0.25) is 0 Å². The summed E-state index contributed by atoms with van der Waals surface area (Å²) in [6.45, 7) is 10.1. The number of amides is 1. The van der Waals surface area contributed by atoms with Crippen LogP contribution in [0.25, 0.3) is 21.7 Å². The summed E-state index contributed by atoms with van der Waals surface area (Å²) in [6.07, 6.45) is 1.81. The fourth-order valence-corrected chi connectivity index (χ4v) is 5.85. The lowest BCUT2D eigenvalue weighted by molar-refractivity contribution is 0.0550. The Labute approximate surface area is 182 Å². The van der Waals surface area contributed by atoms with Crippen molar-refractivity contribution in [3.63, 3.8) is 0 Å². The van der Waals surface area contributed by atoms with Crippen molar-refractivity contribution < 1.29 is 9.53 Å². The van der Waals surface area contributed by atoms with Crippen molar-refractivity contribution in [1.82, 2.24) is 9.47 Å². The second-order valence-corrected chi connectivity index (χ2v) is 10.2. The van der Waals surface area contributed by atoms with Crippen LogP contribution in [-0.2, 0) is 19.4 Å². The lowest BCUT2D eigenvalue weighted by Gasteiger charge is -2.39. The number of hydrogen-bond acceptors (Lipinski definition) is 3. The van der Waals surface area contributed by atoms with Gasteiger partial charge in [0.1, 0.15) is 11.4 Å². The van der Waals surface area contributed by atoms with Crippen LogP contribution >= 0.6 is 11.3 Å². The molecule has 5 heteroatoms. The Bertz CT molecular complexity index is 1150. The van der Waals surface area contributed by atoms with Crippen LogP contribution in [0.5, 0.6) is 5.75 Å². The number of rotatable bonds is 2. The first kappa shape index (κ1) is 19.4. The molecule has 156 valence electrons. The van der Waals surface area contributed by atoms with Crippen molar-refractivity contribution in [2.45, 2.75) is 52.6 Å². The van der Waals surface area contributed by atoms with E-state index in [0.29, 0.717) is 0 Å². The highest BCUT2D eigenvalue weighted by molar-refractivity contribution is 7.13. The molecule has 4 nitrogen and oxygen atoms in total. The zero-order valence-electron chi connectivity index (χ0n) is 18.3. The molecule has 1 aromatic carbocycles. The van der Waals surface area contributed by atoms with Crippen LogP contribution in [0.3, 0.4) is 0 Å². The Morgan fingerprint density at radius 3 is 2.57 bits per heavy atom. The minimum atomic E-state index is -0.181. The number of carbonyl (C=O) groups excluding carboxylic acids is 1. The third-order valence-electron chi connectivity index (χ3n) is 6.46. The summed E-state index contributed by atoms with van der Waals surface area (Å²) in [5.41, 5.74) is 8.08. The molecule has 0 saturated carbocycles. The fraction of sp³-hybridized carbons (Fsp3) is 0.400. The molecule has 0 unspecified atom stereocenters. The first-order valence-corrected chi connectivity index (χ1v) is 11.5. The summed E-state index contributed by atoms with van der Waals surface area (Å²) in [4.78, 5) is 17.0. The van der Waals surface area contributed by atoms with Gasteiger partial charge in [0.25, 0.3) is 5.91 Å². The number of ether oxygens (including phenoxy) is 1. The van der Waals surface area contributed by atoms with Crippen molar-refractivity contribution >= 4 is 17.2 Å². The van der Waals surface area contributed by atoms with Gasteiger partial charge >= 0.3 is 0 Å². The van der Waals surface area contributed by atoms with E-state index in [1.807, 2.05) is 4.90 Å². The van der Waals surface area contributed by atoms with Crippen LogP contribution < -0.4 is 4.74 Å². The van der Waals surface area contributed by atoms with Gasteiger partial charge in [-0.3, -0.25) is 4.79 Å². The number of benzene rings is 1. The van der Waals surface area contributed by atoms with Crippen molar-refractivity contribution in [2.24, 2.45) is 0 Å². The molecule has 0 saturated heterocycles. The lowest BCUT2D eigenvalue weighted by atomic mass is 9.91. The minimum absolute atomic E-state index is 0.168. The maximum atomic E-state index is 13.7. The predicted molar refractivity (Wildman–Crippen MR) is 123 cm³/mol. The summed E-state index contributed by atoms with van der Waals surface area (Å²) in [7, 11) is 1.73. The molecular weight excluding hydrogens is 392 g/mol. The maximum Gasteiger partial charge on any atom is 0.271 e. The zero-order valence-corrected chi connectivity index (χ0v) is 19.2. The van der Waals surface area contributed by atoms with Crippen LogP contribution in [0.1, 0.15) is 48.0 Å². The van der Waals surface area contributed by atoms with E-state index >= 15 is 0 Å². The van der Waals surface area contributed by atoms with Gasteiger partial charge in [-0.1, -0.05) is 6.07 Å². The summed E-state index contributed by atoms with van der Waals surface area (Å²) in [6, 6.07) is 8.72. The number of hydrogen-bond donors (Lipinski definition) is 0. The fourth-order valence-electron chi connectivity index (χ4n) is 5.05. The van der Waals surface area contributed by atoms with Crippen LogP contribution in [0, 0.1) is 6.92 Å². The summed E-state index contributed by atoms with van der Waals surface area (Å²) < 4.78 is 7.89. The van der Waals surface area contributed by atoms with Gasteiger partial charge in [-0.25, -0.2) is 0 Å². The van der Waals surface area contributed by atoms with Crippen molar-refractivity contribution in [2.75, 3.05) is 13.7 Å². The zero-order chi connectivity index (χ0) is 21.2. The van der Waals surface area contributed by atoms with Gasteiger partial charge < -0.3 is 14.2 Å². The highest BCUT2D eigenvalue weighted by Gasteiger charge is 2.39. The van der Waals surface area contributed by atoms with Gasteiger partial charge in [0.05, 0.1) is 12.8 Å². The van der Waals surface area contributed by atoms with E-state index in [9.17, 15) is 4.79 Å². The number of nitrogens with zero attached hydrogens (tertiary/aromatic N) is 2. The Morgan fingerprint density at radius 1 is 1.10 bits per heavy atom. The molecule has 0 N–H and O–H groups in total. The molecule has 2 aliphatic heterocycles. The van der Waals surface area contributed by atoms with E-state index in [1.165, 1.54) is 32.8 Å². The molecule has 5 rings (SSSR count). The molecule has 0 spiro atoms. The Balaban J connectivity index is 1.80. The summed E-state index contributed by atoms with van der Waals surface area (Å²) >= 11 is 1.76. The van der Waals surface area contributed by atoms with Gasteiger partial charge in [-0.05, 0) is 80.8 Å². The Morgan fingerprint density at radius 2 is 1.90 bits per heavy atom. The molecule has 0 atom stereocenters. The normalized spacial score (nSPS) is 15.6. The van der Waals surface area contributed by atoms with E-state index in [4.69, 9.17) is 4.74 Å². The highest BCUT2D eigenvalue weighted by Crippen LogP contribution is 2.47. The first-order chi connectivity index (χ1) is 14.3. The largest absolute Gasteiger partial charge is 0.496 e. The van der Waals surface area contributed by atoms with Crippen LogP contribution in [0.4, 0.5) is 0 Å². The number of fused-ring (bicyclic) bond motifs is 5. The van der Waals surface area contributed by atoms with Crippen LogP contribution in [0.15, 0.2) is 29.6 Å². The average molecular weight is 421 g/mol. The van der Waals surface area contributed by atoms with Crippen molar-refractivity contribution in [3.8, 4) is 27.4 Å². The topological polar surface area (TPSA) is 34.5 Å². The van der Waals surface area contributed by atoms with Gasteiger partial charge in [0.15, 0.2) is 0 Å². The molecule has 30 heavy (non-hydrogen) atoms. The van der Waals surface area contributed by atoms with E-state index in [2.05, 4.69) is 61.9 Å². The highest BCUT2D eigenvalue weighted by atomic mass is 32.1. The standard InChI is InChI=1S/C25H28N2O2S/c1-15-13-18-16(14-19(15)29-5)8-10-26-22(18)21(20-7-6-12-30-20)17-9-11-27(25(2,3)4)24(28)23(17)26/h6-7,12-14H,8-11H2,1-5H3. The molecule has 0 aliphatic carbocycles. The van der Waals surface area contributed by atoms with Gasteiger partial charge in [-0.15, -0.1) is 11.3 Å². The van der Waals surface area contributed by atoms with Crippen molar-refractivity contribution in [1.29, 1.82) is 0 Å². The lowest BCUT2D eigenvalue weighted by Crippen LogP contribution is -2.49. The minimum Gasteiger partial charge on any atom is -0.496 e. The molecule has 0 radical (unpaired) electrons. The second kappa shape index (κ2) is 6.74. The molecule has 0 bridgehead atoms. The molecule has 0 fully saturated rings. The van der Waals surface area contributed by atoms with Gasteiger partial charge in [-0.2, -0.15) is 0 Å². The Kier molecular flexibility index (Phi) is 4.37. The van der Waals surface area contributed by atoms with Gasteiger partial charge in [0.2, 0.25) is 0 Å². The summed E-state index contributed by atoms with van der Waals surface area (Å²) in [5, 5.41) is 2.13. The third kappa shape index (κ3) is 2.75. The van der Waals surface area contributed by atoms with E-state index < -0.39 is 0 Å². The third-order valence-corrected chi connectivity index (χ3v) is 7.34. The Hall–Kier alpha value is -2.53. The van der Waals surface area contributed by atoms with Gasteiger partial charge in [0, 0.05) is 34.6 Å². The SMILES string of the molecule is COc1cc2c(cc1C)-c1c(-c3cccs3)c3c(n1CC2)C(=O)N(C(C)(C)C)CC3. The number of carbonyl (C=O) groups is 1.